The SMILES string of the molecule is CCNC(=NCCCC(C)C)NCCNS(C)(=O)=O.I. The molecule has 0 aromatic rings. The van der Waals surface area contributed by atoms with Crippen LogP contribution in [0.4, 0.5) is 0 Å². The van der Waals surface area contributed by atoms with Crippen molar-refractivity contribution in [2.24, 2.45) is 10.9 Å². The number of guanidine groups is 1. The number of nitrogens with one attached hydrogen (secondary N) is 3. The third-order valence-electron chi connectivity index (χ3n) is 2.34. The fraction of sp³-hybridized carbons (Fsp3) is 0.917. The zero-order chi connectivity index (χ0) is 14.7. The molecule has 0 spiro atoms. The van der Waals surface area contributed by atoms with Crippen LogP contribution in [0.3, 0.4) is 0 Å². The second-order valence-corrected chi connectivity index (χ2v) is 6.72. The van der Waals surface area contributed by atoms with Gasteiger partial charge in [0, 0.05) is 26.2 Å². The number of rotatable bonds is 9. The Morgan fingerprint density at radius 1 is 1.20 bits per heavy atom. The monoisotopic (exact) mass is 420 g/mol. The highest BCUT2D eigenvalue weighted by atomic mass is 127. The minimum absolute atomic E-state index is 0. The number of hydrogen-bond acceptors (Lipinski definition) is 3. The molecular formula is C12H29IN4O2S. The van der Waals surface area contributed by atoms with Crippen LogP contribution in [0.15, 0.2) is 4.99 Å². The summed E-state index contributed by atoms with van der Waals surface area (Å²) in [7, 11) is -3.12. The average Bonchev–Trinajstić information content (AvgIpc) is 2.28. The first-order valence-electron chi connectivity index (χ1n) is 6.82. The highest BCUT2D eigenvalue weighted by Gasteiger charge is 2.00. The molecule has 6 nitrogen and oxygen atoms in total. The van der Waals surface area contributed by atoms with Crippen LogP contribution in [0, 0.1) is 5.92 Å². The lowest BCUT2D eigenvalue weighted by atomic mass is 10.1. The zero-order valence-corrected chi connectivity index (χ0v) is 16.0. The first-order valence-corrected chi connectivity index (χ1v) is 8.71. The van der Waals surface area contributed by atoms with Crippen LogP contribution in [0.25, 0.3) is 0 Å². The van der Waals surface area contributed by atoms with Gasteiger partial charge in [0.15, 0.2) is 5.96 Å². The van der Waals surface area contributed by atoms with Crippen LogP contribution in [-0.4, -0.2) is 46.8 Å². The lowest BCUT2D eigenvalue weighted by Crippen LogP contribution is -2.41. The number of nitrogens with zero attached hydrogens (tertiary/aromatic N) is 1. The van der Waals surface area contributed by atoms with Gasteiger partial charge in [0.25, 0.3) is 0 Å². The first-order chi connectivity index (χ1) is 8.85. The molecule has 8 heteroatoms. The second kappa shape index (κ2) is 12.6. The normalized spacial score (nSPS) is 12.2. The third kappa shape index (κ3) is 16.0. The molecule has 0 aliphatic heterocycles. The summed E-state index contributed by atoms with van der Waals surface area (Å²) in [6.07, 6.45) is 3.38. The predicted octanol–water partition coefficient (Wildman–Crippen LogP) is 1.14. The van der Waals surface area contributed by atoms with Crippen molar-refractivity contribution < 1.29 is 8.42 Å². The Hall–Kier alpha value is -0.0900. The molecule has 0 saturated carbocycles. The minimum Gasteiger partial charge on any atom is -0.357 e. The lowest BCUT2D eigenvalue weighted by Gasteiger charge is -2.11. The van der Waals surface area contributed by atoms with E-state index in [4.69, 9.17) is 0 Å². The molecule has 3 N–H and O–H groups in total. The minimum atomic E-state index is -3.12. The summed E-state index contributed by atoms with van der Waals surface area (Å²) < 4.78 is 24.2. The quantitative estimate of drug-likeness (QED) is 0.226. The van der Waals surface area contributed by atoms with Gasteiger partial charge in [0.2, 0.25) is 10.0 Å². The Labute approximate surface area is 140 Å². The molecule has 0 bridgehead atoms. The third-order valence-corrected chi connectivity index (χ3v) is 3.06. The molecule has 0 radical (unpaired) electrons. The molecule has 0 rings (SSSR count). The van der Waals surface area contributed by atoms with E-state index in [9.17, 15) is 8.42 Å². The fourth-order valence-electron chi connectivity index (χ4n) is 1.45. The van der Waals surface area contributed by atoms with Crippen molar-refractivity contribution in [2.45, 2.75) is 33.6 Å². The molecule has 0 aromatic carbocycles. The number of aliphatic imine (C=N–C) groups is 1. The molecule has 0 atom stereocenters. The van der Waals surface area contributed by atoms with Gasteiger partial charge in [-0.2, -0.15) is 0 Å². The lowest BCUT2D eigenvalue weighted by molar-refractivity contribution is 0.560. The molecule has 0 aliphatic rings. The molecule has 0 aromatic heterocycles. The van der Waals surface area contributed by atoms with Gasteiger partial charge in [0.05, 0.1) is 6.26 Å². The first kappa shape index (κ1) is 22.2. The molecule has 122 valence electrons. The van der Waals surface area contributed by atoms with Gasteiger partial charge in [-0.3, -0.25) is 4.99 Å². The maximum Gasteiger partial charge on any atom is 0.208 e. The summed E-state index contributed by atoms with van der Waals surface area (Å²) in [4.78, 5) is 4.44. The highest BCUT2D eigenvalue weighted by Crippen LogP contribution is 2.02. The molecular weight excluding hydrogens is 391 g/mol. The van der Waals surface area contributed by atoms with Crippen LogP contribution in [0.5, 0.6) is 0 Å². The van der Waals surface area contributed by atoms with Gasteiger partial charge in [-0.15, -0.1) is 24.0 Å². The highest BCUT2D eigenvalue weighted by molar-refractivity contribution is 14.0. The maximum atomic E-state index is 10.9. The summed E-state index contributed by atoms with van der Waals surface area (Å²) in [6, 6.07) is 0. The van der Waals surface area contributed by atoms with Crippen molar-refractivity contribution in [3.63, 3.8) is 0 Å². The van der Waals surface area contributed by atoms with E-state index in [1.54, 1.807) is 0 Å². The van der Waals surface area contributed by atoms with Gasteiger partial charge in [0.1, 0.15) is 0 Å². The molecule has 0 heterocycles. The molecule has 0 saturated heterocycles. The summed E-state index contributed by atoms with van der Waals surface area (Å²) in [6.45, 7) is 8.84. The topological polar surface area (TPSA) is 82.6 Å². The molecule has 0 amide bonds. The van der Waals surface area contributed by atoms with Gasteiger partial charge >= 0.3 is 0 Å². The van der Waals surface area contributed by atoms with Crippen LogP contribution < -0.4 is 15.4 Å². The Kier molecular flexibility index (Phi) is 14.0. The van der Waals surface area contributed by atoms with Crippen LogP contribution in [-0.2, 0) is 10.0 Å². The van der Waals surface area contributed by atoms with E-state index in [1.165, 1.54) is 6.42 Å². The second-order valence-electron chi connectivity index (χ2n) is 4.89. The van der Waals surface area contributed by atoms with Crippen molar-refractivity contribution >= 4 is 40.0 Å². The molecule has 0 aliphatic carbocycles. The van der Waals surface area contributed by atoms with E-state index in [1.807, 2.05) is 6.92 Å². The predicted molar refractivity (Wildman–Crippen MR) is 96.3 cm³/mol. The Morgan fingerprint density at radius 2 is 1.85 bits per heavy atom. The van der Waals surface area contributed by atoms with Crippen molar-refractivity contribution in [3.8, 4) is 0 Å². The van der Waals surface area contributed by atoms with E-state index in [2.05, 4.69) is 34.2 Å². The Morgan fingerprint density at radius 3 is 2.35 bits per heavy atom. The van der Waals surface area contributed by atoms with Crippen LogP contribution >= 0.6 is 24.0 Å². The van der Waals surface area contributed by atoms with Gasteiger partial charge in [-0.25, -0.2) is 13.1 Å². The summed E-state index contributed by atoms with van der Waals surface area (Å²) >= 11 is 0. The number of halogens is 1. The standard InChI is InChI=1S/C12H28N4O2S.HI/c1-5-13-12(14-8-6-7-11(2)3)15-9-10-16-19(4,17)18;/h11,16H,5-10H2,1-4H3,(H2,13,14,15);1H. The summed E-state index contributed by atoms with van der Waals surface area (Å²) in [5.74, 6) is 1.44. The fourth-order valence-corrected chi connectivity index (χ4v) is 1.92. The largest absolute Gasteiger partial charge is 0.357 e. The van der Waals surface area contributed by atoms with Gasteiger partial charge in [-0.1, -0.05) is 13.8 Å². The van der Waals surface area contributed by atoms with E-state index >= 15 is 0 Å². The van der Waals surface area contributed by atoms with Gasteiger partial charge < -0.3 is 10.6 Å². The Bertz CT molecular complexity index is 358. The summed E-state index contributed by atoms with van der Waals surface area (Å²) in [5.41, 5.74) is 0. The molecule has 20 heavy (non-hydrogen) atoms. The van der Waals surface area contributed by atoms with Crippen LogP contribution in [0.1, 0.15) is 33.6 Å². The maximum absolute atomic E-state index is 10.9. The van der Waals surface area contributed by atoms with Crippen molar-refractivity contribution in [3.05, 3.63) is 0 Å². The summed E-state index contributed by atoms with van der Waals surface area (Å²) in [5, 5.41) is 6.22. The molecule has 0 unspecified atom stereocenters. The van der Waals surface area contributed by atoms with E-state index in [-0.39, 0.29) is 24.0 Å². The Balaban J connectivity index is 0. The van der Waals surface area contributed by atoms with E-state index in [0.29, 0.717) is 19.0 Å². The average molecular weight is 420 g/mol. The van der Waals surface area contributed by atoms with Gasteiger partial charge in [-0.05, 0) is 25.7 Å². The number of hydrogen-bond donors (Lipinski definition) is 3. The molecule has 0 fully saturated rings. The van der Waals surface area contributed by atoms with Crippen LogP contribution in [0.2, 0.25) is 0 Å². The van der Waals surface area contributed by atoms with E-state index in [0.717, 1.165) is 31.7 Å². The van der Waals surface area contributed by atoms with Crippen molar-refractivity contribution in [2.75, 3.05) is 32.4 Å². The van der Waals surface area contributed by atoms with E-state index < -0.39 is 10.0 Å². The van der Waals surface area contributed by atoms with Crippen molar-refractivity contribution in [1.82, 2.24) is 15.4 Å². The number of sulfonamides is 1. The smallest absolute Gasteiger partial charge is 0.208 e. The zero-order valence-electron chi connectivity index (χ0n) is 12.9. The van der Waals surface area contributed by atoms with Crippen molar-refractivity contribution in [1.29, 1.82) is 0 Å².